The van der Waals surface area contributed by atoms with E-state index in [-0.39, 0.29) is 0 Å². The van der Waals surface area contributed by atoms with E-state index in [0.29, 0.717) is 12.1 Å². The van der Waals surface area contributed by atoms with Crippen molar-refractivity contribution in [1.29, 1.82) is 0 Å². The van der Waals surface area contributed by atoms with Crippen LogP contribution >= 0.6 is 0 Å². The zero-order valence-corrected chi connectivity index (χ0v) is 20.0. The normalized spacial score (nSPS) is 21.2. The molecule has 4 heterocycles. The smallest absolute Gasteiger partial charge is 0.0594 e. The number of hydrogen-bond donors (Lipinski definition) is 0. The van der Waals surface area contributed by atoms with Crippen LogP contribution in [0.4, 0.5) is 0 Å². The van der Waals surface area contributed by atoms with E-state index >= 15 is 0 Å². The number of likely N-dealkylation sites (tertiary alicyclic amines) is 2. The molecule has 0 saturated carbocycles. The third-order valence-corrected chi connectivity index (χ3v) is 5.83. The van der Waals surface area contributed by atoms with Gasteiger partial charge in [-0.3, -0.25) is 19.8 Å². The molecular formula is C26H42N4O. The Balaban J connectivity index is 0.000000807. The van der Waals surface area contributed by atoms with Crippen LogP contribution in [-0.4, -0.2) is 59.2 Å². The molecule has 5 heteroatoms. The Kier molecular flexibility index (Phi) is 12.4. The molecule has 172 valence electrons. The van der Waals surface area contributed by atoms with E-state index in [9.17, 15) is 0 Å². The predicted octanol–water partition coefficient (Wildman–Crippen LogP) is 5.52. The number of aromatic nitrogens is 2. The summed E-state index contributed by atoms with van der Waals surface area (Å²) in [6.07, 6.45) is 8.71. The minimum Gasteiger partial charge on any atom is -0.379 e. The topological polar surface area (TPSA) is 41.5 Å². The standard InChI is InChI=1S/C22H30N4O.2C2H6/c1-3-11-23-19(7-1)21-9-5-13-25(21)15-17-27-18-16-26-14-6-10-22(26)20-8-2-4-12-24-20;2*1-2/h1-4,7-8,11-12,21-22H,5-6,9-10,13-18H2;2*1-2H3/t21-,22+;;. The van der Waals surface area contributed by atoms with Crippen molar-refractivity contribution < 1.29 is 4.74 Å². The zero-order chi connectivity index (χ0) is 22.3. The summed E-state index contributed by atoms with van der Waals surface area (Å²) in [4.78, 5) is 14.1. The Bertz CT molecular complexity index is 623. The summed E-state index contributed by atoms with van der Waals surface area (Å²) in [5.74, 6) is 0. The molecule has 2 aliphatic heterocycles. The largest absolute Gasteiger partial charge is 0.379 e. The molecule has 2 aromatic heterocycles. The molecule has 0 bridgehead atoms. The van der Waals surface area contributed by atoms with Gasteiger partial charge in [0.2, 0.25) is 0 Å². The van der Waals surface area contributed by atoms with Crippen molar-refractivity contribution in [2.75, 3.05) is 39.4 Å². The second-order valence-electron chi connectivity index (χ2n) is 7.51. The third-order valence-electron chi connectivity index (χ3n) is 5.83. The zero-order valence-electron chi connectivity index (χ0n) is 20.0. The van der Waals surface area contributed by atoms with Crippen LogP contribution in [0, 0.1) is 0 Å². The fourth-order valence-corrected chi connectivity index (χ4v) is 4.47. The maximum absolute atomic E-state index is 6.00. The van der Waals surface area contributed by atoms with Crippen molar-refractivity contribution in [2.24, 2.45) is 0 Å². The lowest BCUT2D eigenvalue weighted by molar-refractivity contribution is 0.0762. The average molecular weight is 427 g/mol. The van der Waals surface area contributed by atoms with E-state index in [4.69, 9.17) is 4.74 Å². The molecule has 0 N–H and O–H groups in total. The summed E-state index contributed by atoms with van der Waals surface area (Å²) in [6, 6.07) is 13.4. The molecule has 0 unspecified atom stereocenters. The highest BCUT2D eigenvalue weighted by molar-refractivity contribution is 5.11. The molecule has 2 fully saturated rings. The summed E-state index contributed by atoms with van der Waals surface area (Å²) in [5, 5.41) is 0. The summed E-state index contributed by atoms with van der Waals surface area (Å²) in [6.45, 7) is 13.9. The van der Waals surface area contributed by atoms with Gasteiger partial charge in [0, 0.05) is 25.5 Å². The van der Waals surface area contributed by atoms with Gasteiger partial charge in [0.05, 0.1) is 36.7 Å². The number of rotatable bonds is 8. The Labute approximate surface area is 189 Å². The molecule has 2 aliphatic rings. The van der Waals surface area contributed by atoms with Gasteiger partial charge in [0.25, 0.3) is 0 Å². The molecular weight excluding hydrogens is 384 g/mol. The van der Waals surface area contributed by atoms with Gasteiger partial charge in [-0.05, 0) is 63.0 Å². The molecule has 2 aromatic rings. The highest BCUT2D eigenvalue weighted by Crippen LogP contribution is 2.31. The molecule has 2 saturated heterocycles. The minimum absolute atomic E-state index is 0.460. The quantitative estimate of drug-likeness (QED) is 0.520. The van der Waals surface area contributed by atoms with E-state index in [2.05, 4.69) is 44.0 Å². The van der Waals surface area contributed by atoms with Crippen LogP contribution in [0.5, 0.6) is 0 Å². The maximum atomic E-state index is 6.00. The molecule has 0 aliphatic carbocycles. The number of ether oxygens (including phenoxy) is 1. The first-order valence-corrected chi connectivity index (χ1v) is 12.3. The summed E-state index contributed by atoms with van der Waals surface area (Å²) < 4.78 is 6.00. The van der Waals surface area contributed by atoms with Crippen LogP contribution in [0.25, 0.3) is 0 Å². The average Bonchev–Trinajstić information content (AvgIpc) is 3.52. The molecule has 0 spiro atoms. The van der Waals surface area contributed by atoms with Gasteiger partial charge in [-0.15, -0.1) is 0 Å². The molecule has 4 rings (SSSR count). The van der Waals surface area contributed by atoms with Crippen LogP contribution in [0.3, 0.4) is 0 Å². The third kappa shape index (κ3) is 7.67. The number of pyridine rings is 2. The summed E-state index contributed by atoms with van der Waals surface area (Å²) in [7, 11) is 0. The lowest BCUT2D eigenvalue weighted by Gasteiger charge is -2.25. The molecule has 2 atom stereocenters. The molecule has 31 heavy (non-hydrogen) atoms. The minimum atomic E-state index is 0.460. The van der Waals surface area contributed by atoms with Crippen molar-refractivity contribution >= 4 is 0 Å². The van der Waals surface area contributed by atoms with Crippen molar-refractivity contribution in [3.8, 4) is 0 Å². The monoisotopic (exact) mass is 426 g/mol. The first kappa shape index (κ1) is 25.4. The SMILES string of the molecule is CC.CC.c1ccc([C@H]2CCCN2CCOCCN2CCC[C@H]2c2ccccn2)nc1. The van der Waals surface area contributed by atoms with Crippen molar-refractivity contribution in [3.05, 3.63) is 60.2 Å². The molecule has 5 nitrogen and oxygen atoms in total. The van der Waals surface area contributed by atoms with Crippen LogP contribution in [0.15, 0.2) is 48.8 Å². The fourth-order valence-electron chi connectivity index (χ4n) is 4.47. The first-order valence-electron chi connectivity index (χ1n) is 12.3. The van der Waals surface area contributed by atoms with Gasteiger partial charge >= 0.3 is 0 Å². The number of nitrogens with zero attached hydrogens (tertiary/aromatic N) is 4. The second-order valence-corrected chi connectivity index (χ2v) is 7.51. The Hall–Kier alpha value is -1.82. The van der Waals surface area contributed by atoms with Gasteiger partial charge in [-0.2, -0.15) is 0 Å². The van der Waals surface area contributed by atoms with Gasteiger partial charge in [0.15, 0.2) is 0 Å². The summed E-state index contributed by atoms with van der Waals surface area (Å²) in [5.41, 5.74) is 2.40. The van der Waals surface area contributed by atoms with E-state index < -0.39 is 0 Å². The highest BCUT2D eigenvalue weighted by Gasteiger charge is 2.27. The van der Waals surface area contributed by atoms with Crippen LogP contribution < -0.4 is 0 Å². The van der Waals surface area contributed by atoms with E-state index in [1.165, 1.54) is 37.1 Å². The van der Waals surface area contributed by atoms with Crippen LogP contribution in [0.1, 0.15) is 76.8 Å². The lowest BCUT2D eigenvalue weighted by Crippen LogP contribution is -2.30. The van der Waals surface area contributed by atoms with Crippen molar-refractivity contribution in [3.63, 3.8) is 0 Å². The second kappa shape index (κ2) is 15.1. The maximum Gasteiger partial charge on any atom is 0.0594 e. The van der Waals surface area contributed by atoms with E-state index in [0.717, 1.165) is 39.4 Å². The Morgan fingerprint density at radius 3 is 1.58 bits per heavy atom. The van der Waals surface area contributed by atoms with Gasteiger partial charge in [-0.25, -0.2) is 0 Å². The first-order chi connectivity index (χ1) is 15.4. The highest BCUT2D eigenvalue weighted by atomic mass is 16.5. The fraction of sp³-hybridized carbons (Fsp3) is 0.615. The lowest BCUT2D eigenvalue weighted by atomic mass is 10.1. The van der Waals surface area contributed by atoms with E-state index in [1.54, 1.807) is 0 Å². The van der Waals surface area contributed by atoms with Gasteiger partial charge in [-0.1, -0.05) is 39.8 Å². The van der Waals surface area contributed by atoms with Crippen LogP contribution in [-0.2, 0) is 4.74 Å². The van der Waals surface area contributed by atoms with Crippen molar-refractivity contribution in [1.82, 2.24) is 19.8 Å². The van der Waals surface area contributed by atoms with Gasteiger partial charge in [0.1, 0.15) is 0 Å². The molecule has 0 aromatic carbocycles. The summed E-state index contributed by atoms with van der Waals surface area (Å²) >= 11 is 0. The number of hydrogen-bond acceptors (Lipinski definition) is 5. The van der Waals surface area contributed by atoms with Gasteiger partial charge < -0.3 is 4.74 Å². The molecule has 0 radical (unpaired) electrons. The molecule has 0 amide bonds. The van der Waals surface area contributed by atoms with E-state index in [1.807, 2.05) is 52.2 Å². The predicted molar refractivity (Wildman–Crippen MR) is 129 cm³/mol. The van der Waals surface area contributed by atoms with Crippen molar-refractivity contribution in [2.45, 2.75) is 65.5 Å². The van der Waals surface area contributed by atoms with Crippen LogP contribution in [0.2, 0.25) is 0 Å². The Morgan fingerprint density at radius 1 is 0.742 bits per heavy atom. The Morgan fingerprint density at radius 2 is 1.19 bits per heavy atom.